The first-order valence-electron chi connectivity index (χ1n) is 16.8. The van der Waals surface area contributed by atoms with Gasteiger partial charge in [0.1, 0.15) is 4.33 Å². The largest absolute Gasteiger partial charge is 0.129 e. The Bertz CT molecular complexity index is 609. The molecule has 5 rings (SSSR count). The molecule has 0 aliphatic heterocycles. The van der Waals surface area contributed by atoms with Gasteiger partial charge in [-0.1, -0.05) is 78.1 Å². The lowest BCUT2D eigenvalue weighted by Crippen LogP contribution is -2.66. The summed E-state index contributed by atoms with van der Waals surface area (Å²) in [4.78, 5) is 0. The maximum absolute atomic E-state index is 7.44. The van der Waals surface area contributed by atoms with E-state index in [0.29, 0.717) is 0 Å². The fourth-order valence-electron chi connectivity index (χ4n) is 10.5. The lowest BCUT2D eigenvalue weighted by atomic mass is 9.42. The summed E-state index contributed by atoms with van der Waals surface area (Å²) >= 11 is 14.9. The molecular formula is C34H58Cl2. The van der Waals surface area contributed by atoms with Gasteiger partial charge < -0.3 is 0 Å². The van der Waals surface area contributed by atoms with E-state index in [1.807, 2.05) is 0 Å². The van der Waals surface area contributed by atoms with Crippen LogP contribution in [0.1, 0.15) is 162 Å². The third-order valence-corrected chi connectivity index (χ3v) is 14.6. The number of hydrogen-bond acceptors (Lipinski definition) is 0. The molecule has 0 nitrogen and oxygen atoms in total. The highest BCUT2D eigenvalue weighted by atomic mass is 35.5. The monoisotopic (exact) mass is 536 g/mol. The average Bonchev–Trinajstić information content (AvgIpc) is 2.92. The number of rotatable bonds is 8. The first kappa shape index (κ1) is 28.1. The van der Waals surface area contributed by atoms with Crippen LogP contribution in [-0.2, 0) is 0 Å². The number of unbranched alkanes of at least 4 members (excludes halogenated alkanes) is 2. The van der Waals surface area contributed by atoms with E-state index in [2.05, 4.69) is 13.8 Å². The van der Waals surface area contributed by atoms with E-state index in [0.717, 1.165) is 35.5 Å². The second-order valence-electron chi connectivity index (χ2n) is 14.8. The Balaban J connectivity index is 1.07. The van der Waals surface area contributed by atoms with Crippen molar-refractivity contribution in [2.45, 2.75) is 166 Å². The van der Waals surface area contributed by atoms with E-state index in [1.165, 1.54) is 148 Å². The van der Waals surface area contributed by atoms with Crippen molar-refractivity contribution < 1.29 is 0 Å². The van der Waals surface area contributed by atoms with Gasteiger partial charge in [-0.15, -0.1) is 23.2 Å². The number of hydrogen-bond donors (Lipinski definition) is 0. The molecule has 0 aromatic heterocycles. The first-order chi connectivity index (χ1) is 17.4. The Morgan fingerprint density at radius 2 is 0.833 bits per heavy atom. The molecule has 5 aliphatic carbocycles. The van der Waals surface area contributed by atoms with Gasteiger partial charge in [0.2, 0.25) is 0 Å². The van der Waals surface area contributed by atoms with Gasteiger partial charge in [0.05, 0.1) is 0 Å². The van der Waals surface area contributed by atoms with E-state index in [9.17, 15) is 0 Å². The summed E-state index contributed by atoms with van der Waals surface area (Å²) in [7, 11) is 0. The van der Waals surface area contributed by atoms with Crippen molar-refractivity contribution in [3.05, 3.63) is 0 Å². The highest BCUT2D eigenvalue weighted by molar-refractivity contribution is 6.50. The molecule has 0 unspecified atom stereocenters. The normalized spacial score (nSPS) is 45.0. The van der Waals surface area contributed by atoms with Crippen LogP contribution in [0.2, 0.25) is 0 Å². The van der Waals surface area contributed by atoms with Gasteiger partial charge in [-0.3, -0.25) is 0 Å². The molecule has 0 saturated heterocycles. The molecule has 0 atom stereocenters. The predicted molar refractivity (Wildman–Crippen MR) is 158 cm³/mol. The summed E-state index contributed by atoms with van der Waals surface area (Å²) in [6, 6.07) is 0. The Morgan fingerprint density at radius 1 is 0.500 bits per heavy atom. The second-order valence-corrected chi connectivity index (χ2v) is 16.2. The maximum Gasteiger partial charge on any atom is 0.129 e. The molecular weight excluding hydrogens is 479 g/mol. The Morgan fingerprint density at radius 3 is 1.14 bits per heavy atom. The molecule has 0 radical (unpaired) electrons. The summed E-state index contributed by atoms with van der Waals surface area (Å²) in [6.45, 7) is 4.68. The van der Waals surface area contributed by atoms with Gasteiger partial charge in [0, 0.05) is 10.8 Å². The quantitative estimate of drug-likeness (QED) is 0.270. The van der Waals surface area contributed by atoms with Crippen molar-refractivity contribution in [3.8, 4) is 0 Å². The summed E-state index contributed by atoms with van der Waals surface area (Å²) in [6.07, 6.45) is 32.9. The molecule has 0 bridgehead atoms. The molecule has 5 saturated carbocycles. The zero-order valence-corrected chi connectivity index (χ0v) is 25.5. The van der Waals surface area contributed by atoms with Crippen LogP contribution >= 0.6 is 23.2 Å². The van der Waals surface area contributed by atoms with Crippen LogP contribution in [0.15, 0.2) is 0 Å². The van der Waals surface area contributed by atoms with Crippen molar-refractivity contribution in [2.75, 3.05) is 0 Å². The molecule has 5 fully saturated rings. The van der Waals surface area contributed by atoms with Gasteiger partial charge in [-0.2, -0.15) is 0 Å². The van der Waals surface area contributed by atoms with Crippen LogP contribution in [0.25, 0.3) is 0 Å². The standard InChI is InChI=1S/C34H58Cl2/c1-3-5-7-26-9-13-28(14-10-26)30-17-21-32(22-18-30)25-33(34(32,35)36)23-19-31(20-24-33)29-15-11-27(12-16-29)8-6-4-2/h26-31H,3-25H2,1-2H3/t26?,27?,28?,29?,30-,31?,32-,33-. The lowest BCUT2D eigenvalue weighted by molar-refractivity contribution is -0.122. The molecule has 0 N–H and O–H groups in total. The topological polar surface area (TPSA) is 0 Å². The van der Waals surface area contributed by atoms with E-state index >= 15 is 0 Å². The molecule has 0 aromatic rings. The molecule has 0 heterocycles. The molecule has 0 amide bonds. The van der Waals surface area contributed by atoms with Crippen molar-refractivity contribution in [2.24, 2.45) is 46.3 Å². The predicted octanol–water partition coefficient (Wildman–Crippen LogP) is 11.9. The fourth-order valence-corrected chi connectivity index (χ4v) is 11.5. The number of halogens is 2. The van der Waals surface area contributed by atoms with Gasteiger partial charge >= 0.3 is 0 Å². The Kier molecular flexibility index (Phi) is 9.36. The van der Waals surface area contributed by atoms with E-state index in [1.54, 1.807) is 0 Å². The minimum absolute atomic E-state index is 0.245. The minimum Gasteiger partial charge on any atom is -0.100 e. The van der Waals surface area contributed by atoms with Crippen molar-refractivity contribution in [1.29, 1.82) is 0 Å². The van der Waals surface area contributed by atoms with Crippen LogP contribution < -0.4 is 0 Å². The second kappa shape index (κ2) is 12.0. The summed E-state index contributed by atoms with van der Waals surface area (Å²) in [5, 5.41) is 0. The highest BCUT2D eigenvalue weighted by Gasteiger charge is 2.72. The summed E-state index contributed by atoms with van der Waals surface area (Å²) in [5.41, 5.74) is 0.490. The lowest BCUT2D eigenvalue weighted by Gasteiger charge is -2.69. The minimum atomic E-state index is -0.453. The molecule has 0 aromatic carbocycles. The third kappa shape index (κ3) is 5.45. The van der Waals surface area contributed by atoms with Gasteiger partial charge in [0.15, 0.2) is 0 Å². The van der Waals surface area contributed by atoms with Crippen molar-refractivity contribution in [3.63, 3.8) is 0 Å². The van der Waals surface area contributed by atoms with Crippen LogP contribution in [0.4, 0.5) is 0 Å². The maximum atomic E-state index is 7.44. The smallest absolute Gasteiger partial charge is 0.100 e. The highest BCUT2D eigenvalue weighted by Crippen LogP contribution is 2.77. The Labute approximate surface area is 234 Å². The summed E-state index contributed by atoms with van der Waals surface area (Å²) < 4.78 is -0.453. The van der Waals surface area contributed by atoms with Gasteiger partial charge in [0.25, 0.3) is 0 Å². The van der Waals surface area contributed by atoms with E-state index in [4.69, 9.17) is 23.2 Å². The van der Waals surface area contributed by atoms with Crippen LogP contribution in [0, 0.1) is 46.3 Å². The fraction of sp³-hybridized carbons (Fsp3) is 1.00. The molecule has 5 aliphatic rings. The number of alkyl halides is 2. The molecule has 2 spiro atoms. The zero-order valence-electron chi connectivity index (χ0n) is 24.0. The van der Waals surface area contributed by atoms with Crippen molar-refractivity contribution in [1.82, 2.24) is 0 Å². The van der Waals surface area contributed by atoms with E-state index in [-0.39, 0.29) is 10.8 Å². The SMILES string of the molecule is CCCCC1CCC(C2CC[C@]3(CC2)C[C@@]2(CC[C@H](C4CCC(CCCC)CC4)CC2)C3(Cl)Cl)CC1. The zero-order chi connectivity index (χ0) is 25.2. The first-order valence-corrected chi connectivity index (χ1v) is 17.6. The summed E-state index contributed by atoms with van der Waals surface area (Å²) in [5.74, 6) is 6.00. The van der Waals surface area contributed by atoms with Crippen LogP contribution in [0.3, 0.4) is 0 Å². The van der Waals surface area contributed by atoms with Gasteiger partial charge in [-0.25, -0.2) is 0 Å². The Hall–Kier alpha value is 0.580. The third-order valence-electron chi connectivity index (χ3n) is 13.0. The van der Waals surface area contributed by atoms with E-state index < -0.39 is 4.33 Å². The average molecular weight is 538 g/mol. The van der Waals surface area contributed by atoms with Crippen LogP contribution in [0.5, 0.6) is 0 Å². The van der Waals surface area contributed by atoms with Gasteiger partial charge in [-0.05, 0) is 119 Å². The van der Waals surface area contributed by atoms with Crippen LogP contribution in [-0.4, -0.2) is 4.33 Å². The molecule has 208 valence electrons. The molecule has 2 heteroatoms. The van der Waals surface area contributed by atoms with Crippen molar-refractivity contribution >= 4 is 23.2 Å². The molecule has 36 heavy (non-hydrogen) atoms.